The van der Waals surface area contributed by atoms with E-state index in [-0.39, 0.29) is 17.4 Å². The Morgan fingerprint density at radius 1 is 1.22 bits per heavy atom. The van der Waals surface area contributed by atoms with Gasteiger partial charge in [-0.1, -0.05) is 31.2 Å². The predicted octanol–water partition coefficient (Wildman–Crippen LogP) is 0.847. The summed E-state index contributed by atoms with van der Waals surface area (Å²) in [6.07, 6.45) is 0. The number of ether oxygens (including phenoxy) is 1. The second-order valence-corrected chi connectivity index (χ2v) is 5.98. The van der Waals surface area contributed by atoms with Crippen molar-refractivity contribution in [2.45, 2.75) is 19.9 Å². The van der Waals surface area contributed by atoms with Gasteiger partial charge in [-0.3, -0.25) is 9.59 Å². The SMILES string of the molecule is CC(C)[C@@H](C(=O)N1CCOCC1)n1nnc2ccccc2c1=O. The van der Waals surface area contributed by atoms with Gasteiger partial charge in [-0.25, -0.2) is 0 Å². The molecule has 3 rings (SSSR count). The van der Waals surface area contributed by atoms with Crippen molar-refractivity contribution in [2.75, 3.05) is 26.3 Å². The van der Waals surface area contributed by atoms with E-state index >= 15 is 0 Å². The van der Waals surface area contributed by atoms with Gasteiger partial charge in [0.15, 0.2) is 0 Å². The number of fused-ring (bicyclic) bond motifs is 1. The molecule has 0 aliphatic carbocycles. The summed E-state index contributed by atoms with van der Waals surface area (Å²) in [6.45, 7) is 5.94. The normalized spacial score (nSPS) is 16.7. The van der Waals surface area contributed by atoms with Gasteiger partial charge in [-0.05, 0) is 18.1 Å². The first kappa shape index (κ1) is 15.6. The first-order chi connectivity index (χ1) is 11.1. The van der Waals surface area contributed by atoms with E-state index in [1.54, 1.807) is 29.2 Å². The van der Waals surface area contributed by atoms with Crippen LogP contribution >= 0.6 is 0 Å². The number of benzene rings is 1. The van der Waals surface area contributed by atoms with Crippen molar-refractivity contribution >= 4 is 16.8 Å². The highest BCUT2D eigenvalue weighted by atomic mass is 16.5. The van der Waals surface area contributed by atoms with E-state index in [0.29, 0.717) is 37.2 Å². The van der Waals surface area contributed by atoms with Gasteiger partial charge in [0.2, 0.25) is 5.91 Å². The van der Waals surface area contributed by atoms with Crippen LogP contribution < -0.4 is 5.56 Å². The first-order valence-corrected chi connectivity index (χ1v) is 7.80. The van der Waals surface area contributed by atoms with E-state index in [4.69, 9.17) is 4.74 Å². The molecule has 2 aromatic rings. The van der Waals surface area contributed by atoms with Gasteiger partial charge in [-0.2, -0.15) is 4.68 Å². The number of amides is 1. The molecule has 0 bridgehead atoms. The van der Waals surface area contributed by atoms with Crippen molar-refractivity contribution in [2.24, 2.45) is 5.92 Å². The average molecular weight is 316 g/mol. The fourth-order valence-electron chi connectivity index (χ4n) is 2.83. The van der Waals surface area contributed by atoms with E-state index < -0.39 is 6.04 Å². The maximum atomic E-state index is 12.9. The molecule has 7 heteroatoms. The van der Waals surface area contributed by atoms with Crippen molar-refractivity contribution in [3.63, 3.8) is 0 Å². The van der Waals surface area contributed by atoms with Crippen LogP contribution in [-0.4, -0.2) is 52.1 Å². The van der Waals surface area contributed by atoms with Crippen molar-refractivity contribution in [3.05, 3.63) is 34.6 Å². The zero-order valence-electron chi connectivity index (χ0n) is 13.3. The number of carbonyl (C=O) groups excluding carboxylic acids is 1. The molecule has 0 radical (unpaired) electrons. The molecular formula is C16H20N4O3. The van der Waals surface area contributed by atoms with E-state index in [9.17, 15) is 9.59 Å². The number of hydrogen-bond donors (Lipinski definition) is 0. The Kier molecular flexibility index (Phi) is 4.38. The molecule has 1 aromatic carbocycles. The monoisotopic (exact) mass is 316 g/mol. The van der Waals surface area contributed by atoms with Gasteiger partial charge in [-0.15, -0.1) is 5.10 Å². The Balaban J connectivity index is 2.03. The molecule has 1 amide bonds. The first-order valence-electron chi connectivity index (χ1n) is 7.80. The molecule has 1 atom stereocenters. The molecule has 23 heavy (non-hydrogen) atoms. The average Bonchev–Trinajstić information content (AvgIpc) is 2.58. The van der Waals surface area contributed by atoms with Crippen molar-refractivity contribution in [1.82, 2.24) is 19.9 Å². The molecule has 0 spiro atoms. The van der Waals surface area contributed by atoms with E-state index in [1.165, 1.54) is 4.68 Å². The summed E-state index contributed by atoms with van der Waals surface area (Å²) in [5, 5.41) is 8.58. The molecule has 1 aliphatic heterocycles. The number of nitrogens with zero attached hydrogens (tertiary/aromatic N) is 4. The standard InChI is InChI=1S/C16H20N4O3/c1-11(2)14(16(22)19-7-9-23-10-8-19)20-15(21)12-5-3-4-6-13(12)17-18-20/h3-6,11,14H,7-10H2,1-2H3/t14-/m0/s1. The minimum absolute atomic E-state index is 0.0708. The third-order valence-corrected chi connectivity index (χ3v) is 4.06. The number of hydrogen-bond acceptors (Lipinski definition) is 5. The highest BCUT2D eigenvalue weighted by Gasteiger charge is 2.31. The van der Waals surface area contributed by atoms with Crippen LogP contribution in [0.5, 0.6) is 0 Å². The Morgan fingerprint density at radius 3 is 2.61 bits per heavy atom. The van der Waals surface area contributed by atoms with Crippen LogP contribution in [0.25, 0.3) is 10.9 Å². The maximum absolute atomic E-state index is 12.9. The van der Waals surface area contributed by atoms with Crippen LogP contribution in [0.2, 0.25) is 0 Å². The fraction of sp³-hybridized carbons (Fsp3) is 0.500. The highest BCUT2D eigenvalue weighted by Crippen LogP contribution is 2.19. The maximum Gasteiger partial charge on any atom is 0.278 e. The molecule has 1 aliphatic rings. The van der Waals surface area contributed by atoms with Crippen molar-refractivity contribution < 1.29 is 9.53 Å². The number of rotatable bonds is 3. The van der Waals surface area contributed by atoms with Gasteiger partial charge >= 0.3 is 0 Å². The quantitative estimate of drug-likeness (QED) is 0.839. The van der Waals surface area contributed by atoms with Crippen LogP contribution in [0, 0.1) is 5.92 Å². The Labute approximate surface area is 133 Å². The van der Waals surface area contributed by atoms with Gasteiger partial charge < -0.3 is 9.64 Å². The van der Waals surface area contributed by atoms with Gasteiger partial charge in [0.1, 0.15) is 11.6 Å². The Morgan fingerprint density at radius 2 is 1.91 bits per heavy atom. The number of carbonyl (C=O) groups is 1. The lowest BCUT2D eigenvalue weighted by molar-refractivity contribution is -0.140. The van der Waals surface area contributed by atoms with Crippen LogP contribution in [0.1, 0.15) is 19.9 Å². The summed E-state index contributed by atoms with van der Waals surface area (Å²) in [5.41, 5.74) is 0.256. The summed E-state index contributed by atoms with van der Waals surface area (Å²) >= 11 is 0. The highest BCUT2D eigenvalue weighted by molar-refractivity contribution is 5.81. The minimum Gasteiger partial charge on any atom is -0.378 e. The summed E-state index contributed by atoms with van der Waals surface area (Å²) in [7, 11) is 0. The lowest BCUT2D eigenvalue weighted by Gasteiger charge is -2.31. The molecule has 1 saturated heterocycles. The Bertz CT molecular complexity index is 765. The smallest absolute Gasteiger partial charge is 0.278 e. The van der Waals surface area contributed by atoms with E-state index in [1.807, 2.05) is 13.8 Å². The summed E-state index contributed by atoms with van der Waals surface area (Å²) in [5.74, 6) is -0.173. The van der Waals surface area contributed by atoms with Crippen molar-refractivity contribution in [1.29, 1.82) is 0 Å². The number of aromatic nitrogens is 3. The predicted molar refractivity (Wildman–Crippen MR) is 85.1 cm³/mol. The third-order valence-electron chi connectivity index (χ3n) is 4.06. The molecule has 122 valence electrons. The fourth-order valence-corrected chi connectivity index (χ4v) is 2.83. The van der Waals surface area contributed by atoms with E-state index in [0.717, 1.165) is 0 Å². The molecule has 0 unspecified atom stereocenters. The number of morpholine rings is 1. The molecule has 7 nitrogen and oxygen atoms in total. The third kappa shape index (κ3) is 2.96. The summed E-state index contributed by atoms with van der Waals surface area (Å²) in [4.78, 5) is 27.3. The van der Waals surface area contributed by atoms with E-state index in [2.05, 4.69) is 10.3 Å². The molecule has 1 aromatic heterocycles. The molecule has 2 heterocycles. The van der Waals surface area contributed by atoms with Gasteiger partial charge in [0, 0.05) is 13.1 Å². The van der Waals surface area contributed by atoms with Crippen LogP contribution in [0.3, 0.4) is 0 Å². The molecule has 1 fully saturated rings. The second-order valence-electron chi connectivity index (χ2n) is 5.98. The zero-order chi connectivity index (χ0) is 16.4. The van der Waals surface area contributed by atoms with Gasteiger partial charge in [0.05, 0.1) is 18.6 Å². The topological polar surface area (TPSA) is 77.3 Å². The minimum atomic E-state index is -0.655. The lowest BCUT2D eigenvalue weighted by atomic mass is 10.0. The largest absolute Gasteiger partial charge is 0.378 e. The Hall–Kier alpha value is -2.28. The second kappa shape index (κ2) is 6.45. The summed E-state index contributed by atoms with van der Waals surface area (Å²) in [6, 6.07) is 6.38. The molecule has 0 N–H and O–H groups in total. The van der Waals surface area contributed by atoms with Crippen LogP contribution in [-0.2, 0) is 9.53 Å². The van der Waals surface area contributed by atoms with Gasteiger partial charge in [0.25, 0.3) is 5.56 Å². The molecular weight excluding hydrogens is 296 g/mol. The van der Waals surface area contributed by atoms with Crippen molar-refractivity contribution in [3.8, 4) is 0 Å². The zero-order valence-corrected chi connectivity index (χ0v) is 13.3. The molecule has 0 saturated carbocycles. The van der Waals surface area contributed by atoms with Crippen LogP contribution in [0.15, 0.2) is 29.1 Å². The lowest BCUT2D eigenvalue weighted by Crippen LogP contribution is -2.47. The summed E-state index contributed by atoms with van der Waals surface area (Å²) < 4.78 is 6.51. The van der Waals surface area contributed by atoms with Crippen LogP contribution in [0.4, 0.5) is 0 Å².